The van der Waals surface area contributed by atoms with E-state index in [2.05, 4.69) is 30.7 Å². The number of pyridine rings is 1. The molecule has 0 aromatic carbocycles. The maximum atomic E-state index is 7.70. The summed E-state index contributed by atoms with van der Waals surface area (Å²) < 4.78 is 0. The molecule has 4 heteroatoms. The summed E-state index contributed by atoms with van der Waals surface area (Å²) in [6.45, 7) is 10.4. The number of nitrogen functional groups attached to an aromatic ring is 1. The standard InChI is InChI=1S/C15H26N4/c1-5-12(6-2)10-19(7-3)15-13(14(16)17)9-8-11(4)18-15/h8-9,12H,5-7,10H2,1-4H3,(H3,16,17). The molecule has 1 heterocycles. The van der Waals surface area contributed by atoms with Crippen molar-refractivity contribution in [1.29, 1.82) is 5.41 Å². The average molecular weight is 262 g/mol. The number of rotatable bonds is 7. The lowest BCUT2D eigenvalue weighted by atomic mass is 10.0. The van der Waals surface area contributed by atoms with Crippen molar-refractivity contribution < 1.29 is 0 Å². The summed E-state index contributed by atoms with van der Waals surface area (Å²) in [5, 5.41) is 7.70. The third kappa shape index (κ3) is 3.94. The van der Waals surface area contributed by atoms with Gasteiger partial charge in [-0.05, 0) is 31.9 Å². The number of aryl methyl sites for hydroxylation is 1. The number of nitrogens with one attached hydrogen (secondary N) is 1. The van der Waals surface area contributed by atoms with Crippen molar-refractivity contribution in [3.63, 3.8) is 0 Å². The van der Waals surface area contributed by atoms with Crippen LogP contribution in [0.1, 0.15) is 44.9 Å². The molecule has 0 aliphatic rings. The van der Waals surface area contributed by atoms with E-state index in [-0.39, 0.29) is 5.84 Å². The highest BCUT2D eigenvalue weighted by Gasteiger charge is 2.16. The molecule has 19 heavy (non-hydrogen) atoms. The molecule has 0 unspecified atom stereocenters. The van der Waals surface area contributed by atoms with Crippen LogP contribution in [-0.4, -0.2) is 23.9 Å². The van der Waals surface area contributed by atoms with E-state index in [1.54, 1.807) is 0 Å². The molecule has 1 aromatic heterocycles. The van der Waals surface area contributed by atoms with E-state index in [0.29, 0.717) is 5.92 Å². The summed E-state index contributed by atoms with van der Waals surface area (Å²) >= 11 is 0. The molecule has 4 nitrogen and oxygen atoms in total. The molecule has 0 radical (unpaired) electrons. The van der Waals surface area contributed by atoms with E-state index in [4.69, 9.17) is 11.1 Å². The monoisotopic (exact) mass is 262 g/mol. The molecule has 1 rings (SSSR count). The number of nitrogens with zero attached hydrogens (tertiary/aromatic N) is 2. The van der Waals surface area contributed by atoms with Crippen molar-refractivity contribution in [1.82, 2.24) is 4.98 Å². The van der Waals surface area contributed by atoms with Crippen LogP contribution in [0.5, 0.6) is 0 Å². The third-order valence-corrected chi connectivity index (χ3v) is 3.62. The van der Waals surface area contributed by atoms with Crippen LogP contribution in [-0.2, 0) is 0 Å². The summed E-state index contributed by atoms with van der Waals surface area (Å²) in [7, 11) is 0. The molecule has 0 fully saturated rings. The minimum atomic E-state index is 0.0884. The molecule has 0 bridgehead atoms. The second kappa shape index (κ2) is 7.12. The Bertz CT molecular complexity index is 424. The summed E-state index contributed by atoms with van der Waals surface area (Å²) in [6, 6.07) is 3.81. The Morgan fingerprint density at radius 2 is 1.95 bits per heavy atom. The van der Waals surface area contributed by atoms with Crippen LogP contribution in [0, 0.1) is 18.3 Å². The molecular formula is C15H26N4. The minimum absolute atomic E-state index is 0.0884. The van der Waals surface area contributed by atoms with Gasteiger partial charge in [-0.15, -0.1) is 0 Å². The van der Waals surface area contributed by atoms with Gasteiger partial charge in [-0.3, -0.25) is 5.41 Å². The molecule has 0 aliphatic carbocycles. The fourth-order valence-corrected chi connectivity index (χ4v) is 2.22. The van der Waals surface area contributed by atoms with E-state index in [0.717, 1.165) is 43.0 Å². The summed E-state index contributed by atoms with van der Waals surface area (Å²) in [4.78, 5) is 6.83. The van der Waals surface area contributed by atoms with E-state index >= 15 is 0 Å². The van der Waals surface area contributed by atoms with Gasteiger partial charge in [0.05, 0.1) is 5.56 Å². The van der Waals surface area contributed by atoms with Crippen LogP contribution in [0.25, 0.3) is 0 Å². The van der Waals surface area contributed by atoms with Gasteiger partial charge in [-0.1, -0.05) is 26.7 Å². The van der Waals surface area contributed by atoms with Crippen molar-refractivity contribution in [3.05, 3.63) is 23.4 Å². The zero-order valence-electron chi connectivity index (χ0n) is 12.5. The van der Waals surface area contributed by atoms with Gasteiger partial charge in [0.15, 0.2) is 0 Å². The molecule has 0 aliphatic heterocycles. The maximum absolute atomic E-state index is 7.70. The SMILES string of the molecule is CCC(CC)CN(CC)c1nc(C)ccc1C(=N)N. The van der Waals surface area contributed by atoms with E-state index in [1.165, 1.54) is 0 Å². The molecule has 1 aromatic rings. The predicted octanol–water partition coefficient (Wildman–Crippen LogP) is 2.94. The number of hydrogen-bond acceptors (Lipinski definition) is 3. The van der Waals surface area contributed by atoms with Crippen LogP contribution in [0.15, 0.2) is 12.1 Å². The second-order valence-electron chi connectivity index (χ2n) is 4.96. The number of aromatic nitrogens is 1. The van der Waals surface area contributed by atoms with Gasteiger partial charge in [0.25, 0.3) is 0 Å². The summed E-state index contributed by atoms with van der Waals surface area (Å²) in [5.41, 5.74) is 7.37. The highest BCUT2D eigenvalue weighted by atomic mass is 15.2. The van der Waals surface area contributed by atoms with Gasteiger partial charge < -0.3 is 10.6 Å². The first-order valence-electron chi connectivity index (χ1n) is 7.10. The Morgan fingerprint density at radius 3 is 2.42 bits per heavy atom. The molecular weight excluding hydrogens is 236 g/mol. The highest BCUT2D eigenvalue weighted by molar-refractivity contribution is 5.99. The van der Waals surface area contributed by atoms with Gasteiger partial charge in [0, 0.05) is 18.8 Å². The van der Waals surface area contributed by atoms with E-state index in [9.17, 15) is 0 Å². The topological polar surface area (TPSA) is 66.0 Å². The Morgan fingerprint density at radius 1 is 1.32 bits per heavy atom. The lowest BCUT2D eigenvalue weighted by Gasteiger charge is -2.28. The molecule has 0 saturated heterocycles. The lowest BCUT2D eigenvalue weighted by Crippen LogP contribution is -2.32. The Balaban J connectivity index is 3.09. The number of amidine groups is 1. The highest BCUT2D eigenvalue weighted by Crippen LogP contribution is 2.21. The largest absolute Gasteiger partial charge is 0.384 e. The first-order chi connectivity index (χ1) is 9.03. The summed E-state index contributed by atoms with van der Waals surface area (Å²) in [5.74, 6) is 1.59. The number of nitrogens with two attached hydrogens (primary N) is 1. The first kappa shape index (κ1) is 15.5. The van der Waals surface area contributed by atoms with Gasteiger partial charge >= 0.3 is 0 Å². The van der Waals surface area contributed by atoms with Crippen molar-refractivity contribution in [2.45, 2.75) is 40.5 Å². The molecule has 0 spiro atoms. The van der Waals surface area contributed by atoms with Gasteiger partial charge in [0.1, 0.15) is 11.7 Å². The Labute approximate surface area is 116 Å². The minimum Gasteiger partial charge on any atom is -0.384 e. The van der Waals surface area contributed by atoms with Gasteiger partial charge in [-0.2, -0.15) is 0 Å². The normalized spacial score (nSPS) is 10.8. The smallest absolute Gasteiger partial charge is 0.139 e. The number of hydrogen-bond donors (Lipinski definition) is 2. The Hall–Kier alpha value is -1.58. The zero-order chi connectivity index (χ0) is 14.4. The van der Waals surface area contributed by atoms with E-state index < -0.39 is 0 Å². The zero-order valence-corrected chi connectivity index (χ0v) is 12.5. The molecule has 3 N–H and O–H groups in total. The molecule has 0 saturated carbocycles. The fourth-order valence-electron chi connectivity index (χ4n) is 2.22. The van der Waals surface area contributed by atoms with Crippen LogP contribution in [0.4, 0.5) is 5.82 Å². The van der Waals surface area contributed by atoms with Crippen molar-refractivity contribution in [3.8, 4) is 0 Å². The third-order valence-electron chi connectivity index (χ3n) is 3.62. The first-order valence-corrected chi connectivity index (χ1v) is 7.10. The predicted molar refractivity (Wildman–Crippen MR) is 81.9 cm³/mol. The van der Waals surface area contributed by atoms with Crippen molar-refractivity contribution >= 4 is 11.7 Å². The van der Waals surface area contributed by atoms with Crippen molar-refractivity contribution in [2.75, 3.05) is 18.0 Å². The van der Waals surface area contributed by atoms with Crippen LogP contribution in [0.2, 0.25) is 0 Å². The lowest BCUT2D eigenvalue weighted by molar-refractivity contribution is 0.484. The van der Waals surface area contributed by atoms with Gasteiger partial charge in [0.2, 0.25) is 0 Å². The average Bonchev–Trinajstić information content (AvgIpc) is 2.40. The quantitative estimate of drug-likeness (QED) is 0.586. The number of anilines is 1. The molecule has 0 amide bonds. The van der Waals surface area contributed by atoms with Crippen LogP contribution < -0.4 is 10.6 Å². The summed E-state index contributed by atoms with van der Waals surface area (Å²) in [6.07, 6.45) is 2.32. The van der Waals surface area contributed by atoms with Crippen LogP contribution >= 0.6 is 0 Å². The van der Waals surface area contributed by atoms with Crippen LogP contribution in [0.3, 0.4) is 0 Å². The molecule has 106 valence electrons. The van der Waals surface area contributed by atoms with E-state index in [1.807, 2.05) is 19.1 Å². The molecule has 0 atom stereocenters. The maximum Gasteiger partial charge on any atom is 0.139 e. The Kier molecular flexibility index (Phi) is 5.80. The second-order valence-corrected chi connectivity index (χ2v) is 4.96. The fraction of sp³-hybridized carbons (Fsp3) is 0.600. The van der Waals surface area contributed by atoms with Crippen molar-refractivity contribution in [2.24, 2.45) is 11.7 Å². The van der Waals surface area contributed by atoms with Gasteiger partial charge in [-0.25, -0.2) is 4.98 Å².